The topological polar surface area (TPSA) is 80.9 Å². The molecule has 20 heavy (non-hydrogen) atoms. The van der Waals surface area contributed by atoms with Gasteiger partial charge in [0, 0.05) is 0 Å². The second-order valence-corrected chi connectivity index (χ2v) is 6.09. The van der Waals surface area contributed by atoms with Gasteiger partial charge < -0.3 is 4.52 Å². The van der Waals surface area contributed by atoms with Crippen LogP contribution in [0.5, 0.6) is 0 Å². The largest absolute Gasteiger partial charge is 0.350 e. The van der Waals surface area contributed by atoms with Crippen LogP contribution < -0.4 is 5.32 Å². The second-order valence-electron chi connectivity index (χ2n) is 4.06. The molecule has 0 aliphatic heterocycles. The molecule has 2 aromatic heterocycles. The molecule has 6 nitrogen and oxygen atoms in total. The number of fused-ring (bicyclic) bond motifs is 1. The Hall–Kier alpha value is -1.93. The molecule has 0 bridgehead atoms. The zero-order valence-corrected chi connectivity index (χ0v) is 12.3. The first-order valence-corrected chi connectivity index (χ1v) is 7.76. The lowest BCUT2D eigenvalue weighted by atomic mass is 10.1. The number of nitrogens with zero attached hydrogens (tertiary/aromatic N) is 3. The number of rotatable bonds is 3. The zero-order valence-electron chi connectivity index (χ0n) is 10.7. The molecule has 0 saturated heterocycles. The fourth-order valence-electron chi connectivity index (χ4n) is 1.71. The van der Waals surface area contributed by atoms with Crippen LogP contribution >= 0.6 is 23.1 Å². The molecule has 0 aliphatic carbocycles. The third-order valence-corrected chi connectivity index (χ3v) is 4.46. The minimum atomic E-state index is -0.375. The molecule has 0 atom stereocenters. The van der Waals surface area contributed by atoms with E-state index in [0.29, 0.717) is 16.0 Å². The van der Waals surface area contributed by atoms with Crippen LogP contribution in [0.2, 0.25) is 0 Å². The molecule has 102 valence electrons. The van der Waals surface area contributed by atoms with Gasteiger partial charge in [0.2, 0.25) is 10.9 Å². The second kappa shape index (κ2) is 5.22. The molecule has 0 unspecified atom stereocenters. The monoisotopic (exact) mass is 306 g/mol. The van der Waals surface area contributed by atoms with Gasteiger partial charge in [-0.3, -0.25) is 10.1 Å². The van der Waals surface area contributed by atoms with Crippen molar-refractivity contribution in [1.82, 2.24) is 15.4 Å². The van der Waals surface area contributed by atoms with Gasteiger partial charge in [-0.15, -0.1) is 10.2 Å². The summed E-state index contributed by atoms with van der Waals surface area (Å²) in [6, 6.07) is 5.60. The Labute approximate surface area is 122 Å². The zero-order chi connectivity index (χ0) is 14.1. The number of anilines is 1. The van der Waals surface area contributed by atoms with E-state index in [2.05, 4.69) is 20.7 Å². The molecule has 0 spiro atoms. The van der Waals surface area contributed by atoms with E-state index in [1.807, 2.05) is 31.4 Å². The Balaban J connectivity index is 1.88. The number of aryl methyl sites for hydroxylation is 1. The van der Waals surface area contributed by atoms with Gasteiger partial charge in [0.05, 0.1) is 5.39 Å². The molecular formula is C12H10N4O2S2. The Bertz CT molecular complexity index is 781. The molecule has 3 aromatic rings. The first kappa shape index (κ1) is 13.1. The summed E-state index contributed by atoms with van der Waals surface area (Å²) in [7, 11) is 0. The van der Waals surface area contributed by atoms with Crippen LogP contribution in [0.4, 0.5) is 5.13 Å². The number of benzene rings is 1. The first-order chi connectivity index (χ1) is 9.67. The molecule has 3 rings (SSSR count). The van der Waals surface area contributed by atoms with Gasteiger partial charge in [0.1, 0.15) is 5.52 Å². The van der Waals surface area contributed by atoms with E-state index in [9.17, 15) is 4.79 Å². The highest BCUT2D eigenvalue weighted by atomic mass is 32.2. The maximum absolute atomic E-state index is 12.2. The first-order valence-electron chi connectivity index (χ1n) is 5.72. The summed E-state index contributed by atoms with van der Waals surface area (Å²) in [5.41, 5.74) is 1.73. The van der Waals surface area contributed by atoms with Crippen molar-refractivity contribution >= 4 is 45.0 Å². The molecule has 1 aromatic carbocycles. The fourth-order valence-corrected chi connectivity index (χ4v) is 2.88. The third-order valence-electron chi connectivity index (χ3n) is 2.64. The van der Waals surface area contributed by atoms with Crippen LogP contribution in [-0.2, 0) is 0 Å². The van der Waals surface area contributed by atoms with Crippen LogP contribution in [0.3, 0.4) is 0 Å². The number of carbonyl (C=O) groups is 1. The summed E-state index contributed by atoms with van der Waals surface area (Å²) >= 11 is 2.79. The number of aromatic nitrogens is 3. The lowest BCUT2D eigenvalue weighted by Gasteiger charge is -1.97. The molecule has 1 amide bonds. The highest BCUT2D eigenvalue weighted by Gasteiger charge is 2.18. The number of hydrogen-bond donors (Lipinski definition) is 1. The Morgan fingerprint density at radius 3 is 3.00 bits per heavy atom. The van der Waals surface area contributed by atoms with E-state index in [0.717, 1.165) is 9.90 Å². The molecule has 1 N–H and O–H groups in total. The normalized spacial score (nSPS) is 10.9. The van der Waals surface area contributed by atoms with Gasteiger partial charge in [0.15, 0.2) is 4.34 Å². The van der Waals surface area contributed by atoms with Crippen molar-refractivity contribution < 1.29 is 9.32 Å². The quantitative estimate of drug-likeness (QED) is 0.592. The Morgan fingerprint density at radius 1 is 1.40 bits per heavy atom. The standard InChI is InChI=1S/C12H10N4O2S2/c1-6-3-4-7-8(5-6)16-18-9(7)10(17)13-11-14-15-12(19-2)20-11/h3-5H,1-2H3,(H,13,14,17). The van der Waals surface area contributed by atoms with Crippen molar-refractivity contribution in [2.45, 2.75) is 11.3 Å². The summed E-state index contributed by atoms with van der Waals surface area (Å²) in [6.45, 7) is 1.96. The van der Waals surface area contributed by atoms with E-state index < -0.39 is 0 Å². The number of nitrogens with one attached hydrogen (secondary N) is 1. The van der Waals surface area contributed by atoms with Gasteiger partial charge in [-0.25, -0.2) is 0 Å². The molecule has 0 aliphatic rings. The predicted octanol–water partition coefficient (Wildman–Crippen LogP) is 2.96. The van der Waals surface area contributed by atoms with E-state index in [-0.39, 0.29) is 11.7 Å². The minimum absolute atomic E-state index is 0.181. The van der Waals surface area contributed by atoms with Crippen molar-refractivity contribution in [3.8, 4) is 0 Å². The lowest BCUT2D eigenvalue weighted by Crippen LogP contribution is -2.11. The fraction of sp³-hybridized carbons (Fsp3) is 0.167. The summed E-state index contributed by atoms with van der Waals surface area (Å²) < 4.78 is 5.92. The average molecular weight is 306 g/mol. The van der Waals surface area contributed by atoms with Crippen LogP contribution in [-0.4, -0.2) is 27.5 Å². The summed E-state index contributed by atoms with van der Waals surface area (Å²) in [6.07, 6.45) is 1.90. The molecule has 2 heterocycles. The van der Waals surface area contributed by atoms with E-state index in [1.54, 1.807) is 0 Å². The van der Waals surface area contributed by atoms with Gasteiger partial charge in [-0.05, 0) is 30.9 Å². The molecule has 0 saturated carbocycles. The number of amides is 1. The van der Waals surface area contributed by atoms with E-state index in [1.165, 1.54) is 23.1 Å². The Kier molecular flexibility index (Phi) is 3.41. The SMILES string of the molecule is CSc1nnc(NC(=O)c2onc3cc(C)ccc23)s1. The maximum atomic E-state index is 12.2. The molecule has 0 radical (unpaired) electrons. The maximum Gasteiger partial charge on any atom is 0.296 e. The van der Waals surface area contributed by atoms with Crippen LogP contribution in [0.15, 0.2) is 27.1 Å². The van der Waals surface area contributed by atoms with E-state index in [4.69, 9.17) is 4.52 Å². The minimum Gasteiger partial charge on any atom is -0.350 e. The highest BCUT2D eigenvalue weighted by molar-refractivity contribution is 8.00. The third kappa shape index (κ3) is 2.39. The smallest absolute Gasteiger partial charge is 0.296 e. The van der Waals surface area contributed by atoms with Gasteiger partial charge in [0.25, 0.3) is 5.91 Å². The van der Waals surface area contributed by atoms with Crippen molar-refractivity contribution in [1.29, 1.82) is 0 Å². The van der Waals surface area contributed by atoms with Crippen molar-refractivity contribution in [3.63, 3.8) is 0 Å². The lowest BCUT2D eigenvalue weighted by molar-refractivity contribution is 0.0990. The Morgan fingerprint density at radius 2 is 2.25 bits per heavy atom. The van der Waals surface area contributed by atoms with Crippen LogP contribution in [0, 0.1) is 6.92 Å². The van der Waals surface area contributed by atoms with Crippen molar-refractivity contribution in [2.75, 3.05) is 11.6 Å². The van der Waals surface area contributed by atoms with E-state index >= 15 is 0 Å². The average Bonchev–Trinajstić information content (AvgIpc) is 3.04. The predicted molar refractivity (Wildman–Crippen MR) is 78.4 cm³/mol. The van der Waals surface area contributed by atoms with Gasteiger partial charge in [-0.1, -0.05) is 34.3 Å². The van der Waals surface area contributed by atoms with Crippen LogP contribution in [0.25, 0.3) is 10.9 Å². The summed E-state index contributed by atoms with van der Waals surface area (Å²) in [4.78, 5) is 12.2. The molecular weight excluding hydrogens is 296 g/mol. The number of carbonyl (C=O) groups excluding carboxylic acids is 1. The van der Waals surface area contributed by atoms with Crippen molar-refractivity contribution in [2.24, 2.45) is 0 Å². The van der Waals surface area contributed by atoms with Gasteiger partial charge in [-0.2, -0.15) is 0 Å². The number of thioether (sulfide) groups is 1. The highest BCUT2D eigenvalue weighted by Crippen LogP contribution is 2.25. The van der Waals surface area contributed by atoms with Crippen LogP contribution in [0.1, 0.15) is 16.1 Å². The summed E-state index contributed by atoms with van der Waals surface area (Å²) in [5.74, 6) is -0.193. The van der Waals surface area contributed by atoms with Gasteiger partial charge >= 0.3 is 0 Å². The summed E-state index contributed by atoms with van der Waals surface area (Å²) in [5, 5.41) is 15.5. The molecule has 8 heteroatoms. The van der Waals surface area contributed by atoms with Crippen molar-refractivity contribution in [3.05, 3.63) is 29.5 Å². The molecule has 0 fully saturated rings. The number of hydrogen-bond acceptors (Lipinski definition) is 7.